The minimum Gasteiger partial charge on any atom is -0.258 e. The molecule has 24 heteroatoms. The minimum atomic E-state index is -8.74. The lowest BCUT2D eigenvalue weighted by molar-refractivity contribution is -0.443. The molecule has 1 aromatic carbocycles. The predicted octanol–water partition coefficient (Wildman–Crippen LogP) is 7.00. The first-order valence-electron chi connectivity index (χ1n) is 7.83. The van der Waals surface area contributed by atoms with Crippen molar-refractivity contribution >= 4 is 11.4 Å². The van der Waals surface area contributed by atoms with Crippen LogP contribution in [0.2, 0.25) is 0 Å². The van der Waals surface area contributed by atoms with Crippen LogP contribution < -0.4 is 0 Å². The summed E-state index contributed by atoms with van der Waals surface area (Å²) in [6.07, 6.45) is -14.6. The number of hydrogen-bond acceptors (Lipinski definition) is 4. The Morgan fingerprint density at radius 2 is 0.784 bits per heavy atom. The number of nitrogens with zero attached hydrogens (tertiary/aromatic N) is 2. The summed E-state index contributed by atoms with van der Waals surface area (Å²) < 4.78 is 239. The number of alkyl halides is 16. The minimum absolute atomic E-state index is 2.87. The van der Waals surface area contributed by atoms with E-state index in [1.54, 1.807) is 0 Å². The van der Waals surface area contributed by atoms with E-state index in [4.69, 9.17) is 0 Å². The van der Waals surface area contributed by atoms with Gasteiger partial charge in [0.1, 0.15) is 0 Å². The van der Waals surface area contributed by atoms with E-state index in [9.17, 15) is 99.3 Å². The molecule has 0 aliphatic rings. The van der Waals surface area contributed by atoms with Gasteiger partial charge in [0.15, 0.2) is 11.1 Å². The van der Waals surface area contributed by atoms with E-state index in [0.717, 1.165) is 0 Å². The van der Waals surface area contributed by atoms with Crippen LogP contribution >= 0.6 is 0 Å². The highest BCUT2D eigenvalue weighted by Gasteiger charge is 2.91. The Bertz CT molecular complexity index is 1120. The van der Waals surface area contributed by atoms with Crippen molar-refractivity contribution in [2.45, 2.75) is 42.0 Å². The van der Waals surface area contributed by atoms with Crippen molar-refractivity contribution in [3.63, 3.8) is 0 Å². The molecule has 0 aromatic heterocycles. The SMILES string of the molecule is O=[N+]([O-])c1c(F)c(C(F)(F)C(F)(F)C(F)(F)C(F)(F)C(F)(F)C(F)(F)F)c([N+](=O)[O-])c(F)c1C(F)(F)F. The largest absolute Gasteiger partial charge is 0.460 e. The number of benzene rings is 1. The maximum absolute atomic E-state index is 14.3. The fourth-order valence-electron chi connectivity index (χ4n) is 2.48. The van der Waals surface area contributed by atoms with Crippen LogP contribution in [0.1, 0.15) is 11.1 Å². The number of hydrogen-bond donors (Lipinski definition) is 0. The van der Waals surface area contributed by atoms with Crippen molar-refractivity contribution in [1.29, 1.82) is 0 Å². The Morgan fingerprint density at radius 3 is 1.08 bits per heavy atom. The van der Waals surface area contributed by atoms with Crippen LogP contribution in [0.4, 0.5) is 90.4 Å². The first-order chi connectivity index (χ1) is 16.0. The van der Waals surface area contributed by atoms with Gasteiger partial charge in [0.2, 0.25) is 11.6 Å². The summed E-state index contributed by atoms with van der Waals surface area (Å²) >= 11 is 0. The highest BCUT2D eigenvalue weighted by Crippen LogP contribution is 2.63. The topological polar surface area (TPSA) is 86.3 Å². The smallest absolute Gasteiger partial charge is 0.258 e. The van der Waals surface area contributed by atoms with Crippen LogP contribution in [0, 0.1) is 31.9 Å². The van der Waals surface area contributed by atoms with Gasteiger partial charge < -0.3 is 0 Å². The first kappa shape index (κ1) is 31.8. The van der Waals surface area contributed by atoms with Gasteiger partial charge in [0, 0.05) is 0 Å². The lowest BCUT2D eigenvalue weighted by Crippen LogP contribution is -2.69. The van der Waals surface area contributed by atoms with E-state index in [-0.39, 0.29) is 0 Å². The standard InChI is InChI=1S/C13F18N2O4/c14-3-1(5(32(34)35)4(15)2(8(18,19)20)6(3)33(36)37)7(16,17)9(21,22)10(23,24)11(25,26)12(27,28)13(29,30)31. The normalized spacial score (nSPS) is 14.6. The predicted molar refractivity (Wildman–Crippen MR) is 74.4 cm³/mol. The molecule has 0 amide bonds. The van der Waals surface area contributed by atoms with Gasteiger partial charge >= 0.3 is 53.3 Å². The fraction of sp³-hybridized carbons (Fsp3) is 0.538. The molecule has 0 aliphatic carbocycles. The molecule has 0 saturated carbocycles. The zero-order valence-corrected chi connectivity index (χ0v) is 15.8. The van der Waals surface area contributed by atoms with E-state index in [1.807, 2.05) is 0 Å². The lowest BCUT2D eigenvalue weighted by atomic mass is 9.88. The van der Waals surface area contributed by atoms with E-state index >= 15 is 0 Å². The zero-order valence-electron chi connectivity index (χ0n) is 15.8. The van der Waals surface area contributed by atoms with Crippen LogP contribution in [-0.4, -0.2) is 39.7 Å². The molecule has 0 fully saturated rings. The van der Waals surface area contributed by atoms with Gasteiger partial charge in [0.25, 0.3) is 0 Å². The Labute approximate surface area is 186 Å². The lowest BCUT2D eigenvalue weighted by Gasteiger charge is -2.39. The number of nitro groups is 2. The van der Waals surface area contributed by atoms with Gasteiger partial charge in [-0.1, -0.05) is 0 Å². The number of nitro benzene ring substituents is 2. The van der Waals surface area contributed by atoms with Gasteiger partial charge in [-0.3, -0.25) is 20.2 Å². The van der Waals surface area contributed by atoms with Crippen molar-refractivity contribution in [3.8, 4) is 0 Å². The summed E-state index contributed by atoms with van der Waals surface area (Å²) in [7, 11) is 0. The summed E-state index contributed by atoms with van der Waals surface area (Å²) in [5, 5.41) is 21.4. The Hall–Kier alpha value is -3.24. The monoisotopic (exact) mass is 590 g/mol. The highest BCUT2D eigenvalue weighted by molar-refractivity contribution is 5.60. The Kier molecular flexibility index (Phi) is 7.21. The molecule has 1 rings (SSSR count). The van der Waals surface area contributed by atoms with Gasteiger partial charge in [-0.15, -0.1) is 0 Å². The van der Waals surface area contributed by atoms with E-state index in [2.05, 4.69) is 0 Å². The van der Waals surface area contributed by atoms with Crippen LogP contribution in [0.3, 0.4) is 0 Å². The molecule has 0 unspecified atom stereocenters. The maximum atomic E-state index is 14.3. The molecule has 0 atom stereocenters. The van der Waals surface area contributed by atoms with Crippen molar-refractivity contribution < 1.29 is 88.9 Å². The molecule has 0 N–H and O–H groups in total. The molecular formula is C13F18N2O4. The van der Waals surface area contributed by atoms with Crippen LogP contribution in [0.25, 0.3) is 0 Å². The van der Waals surface area contributed by atoms with E-state index in [1.165, 1.54) is 0 Å². The summed E-state index contributed by atoms with van der Waals surface area (Å²) in [6, 6.07) is 0. The average molecular weight is 590 g/mol. The van der Waals surface area contributed by atoms with Crippen molar-refractivity contribution in [2.75, 3.05) is 0 Å². The van der Waals surface area contributed by atoms with Crippen LogP contribution in [0.15, 0.2) is 0 Å². The zero-order chi connectivity index (χ0) is 30.1. The summed E-state index contributed by atoms with van der Waals surface area (Å²) in [5.41, 5.74) is -16.0. The van der Waals surface area contributed by atoms with Gasteiger partial charge in [-0.2, -0.15) is 79.0 Å². The third kappa shape index (κ3) is 4.21. The molecule has 0 heterocycles. The molecule has 0 bridgehead atoms. The Balaban J connectivity index is 4.31. The summed E-state index contributed by atoms with van der Waals surface area (Å²) in [6.45, 7) is 0. The molecule has 0 spiro atoms. The van der Waals surface area contributed by atoms with E-state index < -0.39 is 85.9 Å². The Morgan fingerprint density at radius 1 is 0.486 bits per heavy atom. The molecule has 212 valence electrons. The van der Waals surface area contributed by atoms with Crippen LogP contribution in [-0.2, 0) is 12.1 Å². The van der Waals surface area contributed by atoms with Gasteiger partial charge in [-0.25, -0.2) is 0 Å². The molecule has 37 heavy (non-hydrogen) atoms. The average Bonchev–Trinajstić information content (AvgIpc) is 2.65. The first-order valence-corrected chi connectivity index (χ1v) is 7.83. The highest BCUT2D eigenvalue weighted by atomic mass is 19.4. The second-order valence-electron chi connectivity index (χ2n) is 6.46. The van der Waals surface area contributed by atoms with Crippen LogP contribution in [0.5, 0.6) is 0 Å². The van der Waals surface area contributed by atoms with Gasteiger partial charge in [0.05, 0.1) is 9.85 Å². The number of rotatable bonds is 7. The second-order valence-corrected chi connectivity index (χ2v) is 6.46. The summed E-state index contributed by atoms with van der Waals surface area (Å²) in [4.78, 5) is 15.5. The molecule has 0 radical (unpaired) electrons. The molecule has 0 saturated heterocycles. The molecular weight excluding hydrogens is 590 g/mol. The quantitative estimate of drug-likeness (QED) is 0.195. The third-order valence-electron chi connectivity index (χ3n) is 4.22. The third-order valence-corrected chi connectivity index (χ3v) is 4.22. The van der Waals surface area contributed by atoms with Gasteiger partial charge in [-0.05, 0) is 0 Å². The van der Waals surface area contributed by atoms with Crippen molar-refractivity contribution in [1.82, 2.24) is 0 Å². The van der Waals surface area contributed by atoms with E-state index in [0.29, 0.717) is 0 Å². The molecule has 1 aromatic rings. The second kappa shape index (κ2) is 8.39. The number of halogens is 18. The fourth-order valence-corrected chi connectivity index (χ4v) is 2.48. The molecule has 6 nitrogen and oxygen atoms in total. The maximum Gasteiger partial charge on any atom is 0.460 e. The summed E-state index contributed by atoms with van der Waals surface area (Å²) in [5.74, 6) is -50.6. The van der Waals surface area contributed by atoms with Crippen molar-refractivity contribution in [2.24, 2.45) is 0 Å². The molecule has 0 aliphatic heterocycles. The van der Waals surface area contributed by atoms with Crippen molar-refractivity contribution in [3.05, 3.63) is 43.0 Å².